The van der Waals surface area contributed by atoms with Crippen LogP contribution < -0.4 is 14.8 Å². The highest BCUT2D eigenvalue weighted by Gasteiger charge is 2.42. The molecule has 1 aromatic heterocycles. The zero-order valence-corrected chi connectivity index (χ0v) is 29.1. The Bertz CT molecular complexity index is 2060. The molecule has 0 bridgehead atoms. The Balaban J connectivity index is 1.33. The maximum absolute atomic E-state index is 16.0. The van der Waals surface area contributed by atoms with E-state index in [4.69, 9.17) is 9.47 Å². The van der Waals surface area contributed by atoms with Gasteiger partial charge in [0.05, 0.1) is 19.3 Å². The van der Waals surface area contributed by atoms with Crippen molar-refractivity contribution in [2.45, 2.75) is 68.0 Å². The fourth-order valence-electron chi connectivity index (χ4n) is 8.07. The summed E-state index contributed by atoms with van der Waals surface area (Å²) in [7, 11) is -2.10. The molecular formula is C40H41N5O4S. The molecule has 0 saturated carbocycles. The predicted octanol–water partition coefficient (Wildman–Crippen LogP) is 7.38. The summed E-state index contributed by atoms with van der Waals surface area (Å²) in [6, 6.07) is 31.2. The summed E-state index contributed by atoms with van der Waals surface area (Å²) < 4.78 is 37.7. The van der Waals surface area contributed by atoms with Crippen LogP contribution in [-0.2, 0) is 46.0 Å². The second-order valence-corrected chi connectivity index (χ2v) is 15.3. The van der Waals surface area contributed by atoms with Gasteiger partial charge in [-0.1, -0.05) is 97.1 Å². The van der Waals surface area contributed by atoms with Crippen LogP contribution in [0.3, 0.4) is 0 Å². The Kier molecular flexibility index (Phi) is 8.54. The number of fused-ring (bicyclic) bond motifs is 3. The van der Waals surface area contributed by atoms with E-state index in [2.05, 4.69) is 25.6 Å². The van der Waals surface area contributed by atoms with E-state index < -0.39 is 21.5 Å². The molecule has 0 spiro atoms. The number of ether oxygens (including phenoxy) is 2. The number of nitrogens with one attached hydrogen (secondary N) is 2. The van der Waals surface area contributed by atoms with Crippen molar-refractivity contribution >= 4 is 21.6 Å². The third-order valence-corrected chi connectivity index (χ3v) is 12.1. The summed E-state index contributed by atoms with van der Waals surface area (Å²) in [6.45, 7) is 3.00. The first kappa shape index (κ1) is 32.4. The van der Waals surface area contributed by atoms with Crippen LogP contribution >= 0.6 is 0 Å². The minimum Gasteiger partial charge on any atom is -0.472 e. The molecule has 0 saturated heterocycles. The smallest absolute Gasteiger partial charge is 0.354 e. The number of hydrogen-bond acceptors (Lipinski definition) is 5. The Labute approximate surface area is 293 Å². The number of urea groups is 1. The van der Waals surface area contributed by atoms with Gasteiger partial charge >= 0.3 is 6.03 Å². The first-order valence-corrected chi connectivity index (χ1v) is 18.8. The van der Waals surface area contributed by atoms with Crippen molar-refractivity contribution in [3.8, 4) is 5.88 Å². The van der Waals surface area contributed by atoms with E-state index in [1.54, 1.807) is 11.8 Å². The molecule has 50 heavy (non-hydrogen) atoms. The number of carbonyl (C=O) groups is 1. The molecule has 1 aliphatic heterocycles. The molecule has 256 valence electrons. The molecule has 8 rings (SSSR count). The molecule has 2 heterocycles. The van der Waals surface area contributed by atoms with Gasteiger partial charge in [0.2, 0.25) is 5.88 Å². The van der Waals surface area contributed by atoms with Crippen LogP contribution in [0, 0.1) is 0 Å². The normalized spacial score (nSPS) is 18.8. The van der Waals surface area contributed by atoms with Crippen LogP contribution in [0.1, 0.15) is 64.6 Å². The summed E-state index contributed by atoms with van der Waals surface area (Å²) in [6.07, 6.45) is 6.10. The minimum absolute atomic E-state index is 0.161. The van der Waals surface area contributed by atoms with E-state index in [-0.39, 0.29) is 16.9 Å². The number of hydrogen-bond donors (Lipinski definition) is 2. The van der Waals surface area contributed by atoms with Gasteiger partial charge in [-0.25, -0.2) is 18.4 Å². The molecule has 9 nitrogen and oxygen atoms in total. The lowest BCUT2D eigenvalue weighted by Crippen LogP contribution is -2.48. The highest BCUT2D eigenvalue weighted by atomic mass is 32.2. The van der Waals surface area contributed by atoms with Gasteiger partial charge in [-0.2, -0.15) is 5.10 Å². The lowest BCUT2D eigenvalue weighted by atomic mass is 9.78. The molecule has 10 heteroatoms. The molecular weight excluding hydrogens is 647 g/mol. The summed E-state index contributed by atoms with van der Waals surface area (Å²) >= 11 is 0. The first-order chi connectivity index (χ1) is 24.4. The molecule has 3 aliphatic rings. The second kappa shape index (κ2) is 13.2. The van der Waals surface area contributed by atoms with E-state index in [1.807, 2.05) is 97.9 Å². The number of benzene rings is 4. The molecule has 3 atom stereocenters. The number of rotatable bonds is 9. The van der Waals surface area contributed by atoms with Crippen molar-refractivity contribution in [2.24, 2.45) is 4.36 Å². The Hall–Kier alpha value is -4.77. The topological polar surface area (TPSA) is 107 Å². The van der Waals surface area contributed by atoms with Crippen LogP contribution in [0.4, 0.5) is 10.5 Å². The largest absolute Gasteiger partial charge is 0.472 e. The van der Waals surface area contributed by atoms with Crippen molar-refractivity contribution in [1.29, 1.82) is 0 Å². The zero-order valence-electron chi connectivity index (χ0n) is 28.3. The SMILES string of the molecule is COC[C@@H]1CCc2cc3c(c(NC(=O)N=S(=O)(NC(c4ccccc4)(c4ccccc4)c4ccccc4)c4cnn5c4OC(C)C5)c21)CCC3. The number of aryl methyl sites for hydroxylation is 2. The van der Waals surface area contributed by atoms with Crippen LogP contribution in [0.15, 0.2) is 113 Å². The molecule has 2 unspecified atom stereocenters. The maximum Gasteiger partial charge on any atom is 0.354 e. The number of nitrogens with zero attached hydrogens (tertiary/aromatic N) is 3. The van der Waals surface area contributed by atoms with Gasteiger partial charge in [-0.05, 0) is 78.0 Å². The van der Waals surface area contributed by atoms with E-state index >= 15 is 4.21 Å². The van der Waals surface area contributed by atoms with Gasteiger partial charge in [0.1, 0.15) is 16.5 Å². The molecule has 2 N–H and O–H groups in total. The number of amides is 2. The predicted molar refractivity (Wildman–Crippen MR) is 194 cm³/mol. The molecule has 2 aliphatic carbocycles. The van der Waals surface area contributed by atoms with Gasteiger partial charge in [0.15, 0.2) is 9.92 Å². The average Bonchev–Trinajstić information content (AvgIpc) is 3.93. The third-order valence-electron chi connectivity index (χ3n) is 10.2. The number of anilines is 1. The average molecular weight is 688 g/mol. The van der Waals surface area contributed by atoms with Crippen LogP contribution in [0.25, 0.3) is 0 Å². The summed E-state index contributed by atoms with van der Waals surface area (Å²) in [5.74, 6) is 0.505. The number of aromatic nitrogens is 2. The second-order valence-electron chi connectivity index (χ2n) is 13.4. The van der Waals surface area contributed by atoms with Gasteiger partial charge in [0, 0.05) is 18.7 Å². The van der Waals surface area contributed by atoms with E-state index in [0.29, 0.717) is 19.0 Å². The summed E-state index contributed by atoms with van der Waals surface area (Å²) in [5, 5.41) is 7.73. The fourth-order valence-corrected chi connectivity index (χ4v) is 9.95. The van der Waals surface area contributed by atoms with E-state index in [1.165, 1.54) is 17.3 Å². The zero-order chi connectivity index (χ0) is 34.3. The van der Waals surface area contributed by atoms with Crippen molar-refractivity contribution in [3.05, 3.63) is 142 Å². The minimum atomic E-state index is -3.82. The van der Waals surface area contributed by atoms with Crippen LogP contribution in [-0.4, -0.2) is 39.8 Å². The highest BCUT2D eigenvalue weighted by Crippen LogP contribution is 2.45. The van der Waals surface area contributed by atoms with E-state index in [9.17, 15) is 4.79 Å². The van der Waals surface area contributed by atoms with Gasteiger partial charge < -0.3 is 14.8 Å². The van der Waals surface area contributed by atoms with Gasteiger partial charge in [-0.3, -0.25) is 0 Å². The van der Waals surface area contributed by atoms with Crippen molar-refractivity contribution < 1.29 is 18.5 Å². The van der Waals surface area contributed by atoms with E-state index in [0.717, 1.165) is 65.6 Å². The molecule has 5 aromatic rings. The van der Waals surface area contributed by atoms with Crippen molar-refractivity contribution in [1.82, 2.24) is 14.5 Å². The fraction of sp³-hybridized carbons (Fsp3) is 0.300. The van der Waals surface area contributed by atoms with Crippen LogP contribution in [0.2, 0.25) is 0 Å². The Morgan fingerprint density at radius 1 is 0.960 bits per heavy atom. The number of carbonyl (C=O) groups excluding carboxylic acids is 1. The quantitative estimate of drug-likeness (QED) is 0.157. The highest BCUT2D eigenvalue weighted by molar-refractivity contribution is 7.92. The summed E-state index contributed by atoms with van der Waals surface area (Å²) in [4.78, 5) is 14.7. The first-order valence-electron chi connectivity index (χ1n) is 17.3. The molecule has 0 radical (unpaired) electrons. The third kappa shape index (κ3) is 5.61. The maximum atomic E-state index is 16.0. The standard InChI is InChI=1S/C40H41N5O4S/c1-27-25-45-38(49-27)35(24-41-45)50(47,43-39(46)42-37-34-20-12-13-28(34)23-29-21-22-30(26-48-2)36(29)37)44-40(31-14-6-3-7-15-31,32-16-8-4-9-17-32)33-18-10-5-11-19-33/h3-11,14-19,23-24,27,30H,12-13,20-22,25-26H2,1-2H3,(H2,42,43,44,46,47)/t27?,30-,50?/m0/s1. The lowest BCUT2D eigenvalue weighted by Gasteiger charge is -2.37. The molecule has 0 fully saturated rings. The Morgan fingerprint density at radius 3 is 2.22 bits per heavy atom. The Morgan fingerprint density at radius 2 is 1.60 bits per heavy atom. The lowest BCUT2D eigenvalue weighted by molar-refractivity contribution is 0.179. The molecule has 2 amide bonds. The van der Waals surface area contributed by atoms with Crippen molar-refractivity contribution in [2.75, 3.05) is 19.0 Å². The van der Waals surface area contributed by atoms with Crippen LogP contribution in [0.5, 0.6) is 5.88 Å². The van der Waals surface area contributed by atoms with Crippen molar-refractivity contribution in [3.63, 3.8) is 0 Å². The number of methoxy groups -OCH3 is 1. The molecule has 4 aromatic carbocycles. The summed E-state index contributed by atoms with van der Waals surface area (Å²) in [5.41, 5.74) is 6.88. The van der Waals surface area contributed by atoms with Gasteiger partial charge in [0.25, 0.3) is 0 Å². The monoisotopic (exact) mass is 687 g/mol. The van der Waals surface area contributed by atoms with Gasteiger partial charge in [-0.15, -0.1) is 4.36 Å².